The molecule has 2 rings (SSSR count). The zero-order valence-corrected chi connectivity index (χ0v) is 11.1. The third-order valence-corrected chi connectivity index (χ3v) is 3.10. The van der Waals surface area contributed by atoms with Crippen molar-refractivity contribution in [1.82, 2.24) is 4.98 Å². The molecule has 0 aliphatic heterocycles. The fraction of sp³-hybridized carbons (Fsp3) is 0.286. The van der Waals surface area contributed by atoms with Gasteiger partial charge in [0, 0.05) is 29.2 Å². The van der Waals surface area contributed by atoms with Crippen molar-refractivity contribution in [1.29, 1.82) is 0 Å². The first-order chi connectivity index (χ1) is 9.00. The second-order valence-electron chi connectivity index (χ2n) is 4.78. The zero-order valence-electron chi connectivity index (χ0n) is 11.1. The number of hydrogen-bond acceptors (Lipinski definition) is 4. The number of anilines is 2. The molecule has 1 amide bonds. The highest BCUT2D eigenvalue weighted by atomic mass is 16.1. The Morgan fingerprint density at radius 1 is 1.37 bits per heavy atom. The summed E-state index contributed by atoms with van der Waals surface area (Å²) in [6.45, 7) is 4.15. The number of amides is 1. The van der Waals surface area contributed by atoms with Crippen molar-refractivity contribution >= 4 is 28.1 Å². The molecule has 0 bridgehead atoms. The first-order valence-electron chi connectivity index (χ1n) is 6.18. The van der Waals surface area contributed by atoms with Crippen molar-refractivity contribution in [2.75, 3.05) is 17.2 Å². The van der Waals surface area contributed by atoms with Gasteiger partial charge in [0.25, 0.3) is 0 Å². The average Bonchev–Trinajstić information content (AvgIpc) is 2.37. The van der Waals surface area contributed by atoms with Gasteiger partial charge in [-0.3, -0.25) is 9.78 Å². The van der Waals surface area contributed by atoms with E-state index < -0.39 is 0 Å². The third-order valence-electron chi connectivity index (χ3n) is 3.10. The van der Waals surface area contributed by atoms with Crippen LogP contribution in [0.5, 0.6) is 0 Å². The lowest BCUT2D eigenvalue weighted by Gasteiger charge is -2.29. The second kappa shape index (κ2) is 5.14. The molecule has 0 atom stereocenters. The Labute approximate surface area is 112 Å². The Kier molecular flexibility index (Phi) is 3.55. The Morgan fingerprint density at radius 3 is 2.74 bits per heavy atom. The monoisotopic (exact) mass is 258 g/mol. The Balaban J connectivity index is 2.54. The van der Waals surface area contributed by atoms with E-state index in [0.29, 0.717) is 5.69 Å². The molecular weight excluding hydrogens is 240 g/mol. The van der Waals surface area contributed by atoms with Crippen molar-refractivity contribution in [3.05, 3.63) is 30.6 Å². The first kappa shape index (κ1) is 13.1. The van der Waals surface area contributed by atoms with Crippen LogP contribution in [0.25, 0.3) is 10.8 Å². The van der Waals surface area contributed by atoms with Gasteiger partial charge in [0.2, 0.25) is 5.91 Å². The molecular formula is C14H18N4O. The largest absolute Gasteiger partial charge is 0.397 e. The van der Waals surface area contributed by atoms with Gasteiger partial charge >= 0.3 is 0 Å². The summed E-state index contributed by atoms with van der Waals surface area (Å²) in [6, 6.07) is 5.86. The Hall–Kier alpha value is -2.30. The lowest BCUT2D eigenvalue weighted by Crippen LogP contribution is -2.39. The average molecular weight is 258 g/mol. The summed E-state index contributed by atoms with van der Waals surface area (Å²) in [5.41, 5.74) is 13.0. The highest BCUT2D eigenvalue weighted by Gasteiger charge is 2.16. The molecule has 0 aliphatic carbocycles. The maximum absolute atomic E-state index is 11.2. The molecule has 5 heteroatoms. The molecule has 0 aliphatic rings. The molecule has 0 spiro atoms. The van der Waals surface area contributed by atoms with Gasteiger partial charge in [-0.2, -0.15) is 0 Å². The maximum atomic E-state index is 11.2. The van der Waals surface area contributed by atoms with Crippen molar-refractivity contribution in [2.45, 2.75) is 19.9 Å². The van der Waals surface area contributed by atoms with E-state index in [4.69, 9.17) is 11.5 Å². The number of rotatable bonds is 4. The van der Waals surface area contributed by atoms with E-state index in [2.05, 4.69) is 4.98 Å². The number of primary amides is 1. The van der Waals surface area contributed by atoms with E-state index in [1.165, 1.54) is 0 Å². The minimum atomic E-state index is -0.372. The molecule has 0 radical (unpaired) electrons. The molecule has 0 saturated carbocycles. The van der Waals surface area contributed by atoms with E-state index >= 15 is 0 Å². The summed E-state index contributed by atoms with van der Waals surface area (Å²) in [5, 5.41) is 1.91. The number of benzene rings is 1. The van der Waals surface area contributed by atoms with Gasteiger partial charge in [-0.05, 0) is 26.0 Å². The summed E-state index contributed by atoms with van der Waals surface area (Å²) in [6.07, 6.45) is 3.47. The van der Waals surface area contributed by atoms with E-state index in [1.54, 1.807) is 12.4 Å². The number of aromatic nitrogens is 1. The third kappa shape index (κ3) is 2.59. The smallest absolute Gasteiger partial charge is 0.236 e. The van der Waals surface area contributed by atoms with Crippen LogP contribution in [0.1, 0.15) is 13.8 Å². The molecule has 100 valence electrons. The van der Waals surface area contributed by atoms with E-state index in [0.717, 1.165) is 16.5 Å². The second-order valence-corrected chi connectivity index (χ2v) is 4.78. The first-order valence-corrected chi connectivity index (χ1v) is 6.18. The molecule has 1 aromatic heterocycles. The minimum absolute atomic E-state index is 0.133. The highest BCUT2D eigenvalue weighted by molar-refractivity contribution is 5.99. The van der Waals surface area contributed by atoms with Crippen LogP contribution in [0.15, 0.2) is 30.6 Å². The number of carbonyl (C=O) groups excluding carboxylic acids is 1. The summed E-state index contributed by atoms with van der Waals surface area (Å²) in [4.78, 5) is 17.2. The predicted molar refractivity (Wildman–Crippen MR) is 77.8 cm³/mol. The molecule has 2 aromatic rings. The lowest BCUT2D eigenvalue weighted by atomic mass is 10.1. The molecule has 0 saturated heterocycles. The minimum Gasteiger partial charge on any atom is -0.397 e. The Bertz CT molecular complexity index is 609. The topological polar surface area (TPSA) is 85.2 Å². The molecule has 19 heavy (non-hydrogen) atoms. The SMILES string of the molecule is CC(C)N(CC(N)=O)c1ccc2cnccc2c1N. The zero-order chi connectivity index (χ0) is 14.0. The fourth-order valence-corrected chi connectivity index (χ4v) is 2.15. The van der Waals surface area contributed by atoms with Gasteiger partial charge in [-0.15, -0.1) is 0 Å². The number of hydrogen-bond donors (Lipinski definition) is 2. The van der Waals surface area contributed by atoms with Crippen molar-refractivity contribution in [3.63, 3.8) is 0 Å². The lowest BCUT2D eigenvalue weighted by molar-refractivity contribution is -0.116. The summed E-state index contributed by atoms with van der Waals surface area (Å²) in [7, 11) is 0. The van der Waals surface area contributed by atoms with Crippen molar-refractivity contribution in [3.8, 4) is 0 Å². The standard InChI is InChI=1S/C14H18N4O/c1-9(2)18(8-13(15)19)12-4-3-10-7-17-6-5-11(10)14(12)16/h3-7,9H,8,16H2,1-2H3,(H2,15,19). The Morgan fingerprint density at radius 2 is 2.11 bits per heavy atom. The van der Waals surface area contributed by atoms with Gasteiger partial charge in [0.1, 0.15) is 0 Å². The highest BCUT2D eigenvalue weighted by Crippen LogP contribution is 2.31. The summed E-state index contributed by atoms with van der Waals surface area (Å²) < 4.78 is 0. The number of carbonyl (C=O) groups is 1. The molecule has 1 aromatic carbocycles. The summed E-state index contributed by atoms with van der Waals surface area (Å²) >= 11 is 0. The van der Waals surface area contributed by atoms with Crippen LogP contribution in [-0.4, -0.2) is 23.5 Å². The van der Waals surface area contributed by atoms with Gasteiger partial charge in [0.05, 0.1) is 17.9 Å². The number of nitrogens with zero attached hydrogens (tertiary/aromatic N) is 2. The quantitative estimate of drug-likeness (QED) is 0.814. The van der Waals surface area contributed by atoms with E-state index in [-0.39, 0.29) is 18.5 Å². The van der Waals surface area contributed by atoms with Crippen LogP contribution in [0, 0.1) is 0 Å². The molecule has 0 unspecified atom stereocenters. The van der Waals surface area contributed by atoms with Crippen molar-refractivity contribution in [2.24, 2.45) is 5.73 Å². The molecule has 1 heterocycles. The van der Waals surface area contributed by atoms with Crippen LogP contribution in [-0.2, 0) is 4.79 Å². The van der Waals surface area contributed by atoms with Gasteiger partial charge in [-0.25, -0.2) is 0 Å². The van der Waals surface area contributed by atoms with Gasteiger partial charge in [-0.1, -0.05) is 6.07 Å². The predicted octanol–water partition coefficient (Wildman–Crippen LogP) is 1.52. The van der Waals surface area contributed by atoms with Gasteiger partial charge < -0.3 is 16.4 Å². The summed E-state index contributed by atoms with van der Waals surface area (Å²) in [5.74, 6) is -0.372. The maximum Gasteiger partial charge on any atom is 0.236 e. The van der Waals surface area contributed by atoms with Crippen LogP contribution in [0.3, 0.4) is 0 Å². The van der Waals surface area contributed by atoms with Crippen LogP contribution in [0.2, 0.25) is 0 Å². The number of fused-ring (bicyclic) bond motifs is 1. The molecule has 5 nitrogen and oxygen atoms in total. The normalized spacial score (nSPS) is 10.9. The van der Waals surface area contributed by atoms with Crippen LogP contribution in [0.4, 0.5) is 11.4 Å². The van der Waals surface area contributed by atoms with Gasteiger partial charge in [0.15, 0.2) is 0 Å². The number of nitrogen functional groups attached to an aromatic ring is 1. The van der Waals surface area contributed by atoms with Crippen LogP contribution < -0.4 is 16.4 Å². The van der Waals surface area contributed by atoms with Crippen molar-refractivity contribution < 1.29 is 4.79 Å². The van der Waals surface area contributed by atoms with E-state index in [9.17, 15) is 4.79 Å². The number of pyridine rings is 1. The van der Waals surface area contributed by atoms with E-state index in [1.807, 2.05) is 36.9 Å². The fourth-order valence-electron chi connectivity index (χ4n) is 2.15. The molecule has 0 fully saturated rings. The number of nitrogens with two attached hydrogens (primary N) is 2. The molecule has 4 N–H and O–H groups in total. The van der Waals surface area contributed by atoms with Crippen LogP contribution >= 0.6 is 0 Å².